The minimum atomic E-state index is 0.832. The summed E-state index contributed by atoms with van der Waals surface area (Å²) in [4.78, 5) is 2.66. The maximum Gasteiger partial charge on any atom is 0.0107 e. The van der Waals surface area contributed by atoms with E-state index in [0.717, 1.165) is 11.8 Å². The van der Waals surface area contributed by atoms with E-state index in [2.05, 4.69) is 17.1 Å². The van der Waals surface area contributed by atoms with Gasteiger partial charge in [0, 0.05) is 19.6 Å². The van der Waals surface area contributed by atoms with E-state index in [9.17, 15) is 0 Å². The standard InChI is InChI=1S/C12H24N2/c1-11-9-13-6-8-14(10-11)7-5-12-3-2-4-12/h11-13H,2-10H2,1H3. The summed E-state index contributed by atoms with van der Waals surface area (Å²) in [6.45, 7) is 8.66. The fourth-order valence-electron chi connectivity index (χ4n) is 2.53. The van der Waals surface area contributed by atoms with Gasteiger partial charge in [-0.3, -0.25) is 0 Å². The molecule has 0 radical (unpaired) electrons. The Balaban J connectivity index is 1.66. The lowest BCUT2D eigenvalue weighted by atomic mass is 9.83. The van der Waals surface area contributed by atoms with Crippen molar-refractivity contribution in [2.75, 3.05) is 32.7 Å². The molecule has 0 aromatic carbocycles. The molecular formula is C12H24N2. The SMILES string of the molecule is CC1CNCCN(CCC2CCC2)C1. The first-order valence-corrected chi connectivity index (χ1v) is 6.27. The Kier molecular flexibility index (Phi) is 3.82. The Hall–Kier alpha value is -0.0800. The highest BCUT2D eigenvalue weighted by molar-refractivity contribution is 4.75. The first-order valence-electron chi connectivity index (χ1n) is 6.27. The van der Waals surface area contributed by atoms with Crippen LogP contribution >= 0.6 is 0 Å². The summed E-state index contributed by atoms with van der Waals surface area (Å²) >= 11 is 0. The second-order valence-corrected chi connectivity index (χ2v) is 5.20. The molecule has 1 aliphatic heterocycles. The lowest BCUT2D eigenvalue weighted by Crippen LogP contribution is -2.32. The highest BCUT2D eigenvalue weighted by atomic mass is 15.2. The van der Waals surface area contributed by atoms with Crippen LogP contribution in [0, 0.1) is 11.8 Å². The van der Waals surface area contributed by atoms with Crippen LogP contribution in [0.3, 0.4) is 0 Å². The van der Waals surface area contributed by atoms with E-state index in [1.165, 1.54) is 58.4 Å². The van der Waals surface area contributed by atoms with Gasteiger partial charge in [0.05, 0.1) is 0 Å². The highest BCUT2D eigenvalue weighted by Crippen LogP contribution is 2.29. The van der Waals surface area contributed by atoms with Crippen molar-refractivity contribution in [1.82, 2.24) is 10.2 Å². The van der Waals surface area contributed by atoms with Crippen molar-refractivity contribution >= 4 is 0 Å². The van der Waals surface area contributed by atoms with Gasteiger partial charge in [-0.1, -0.05) is 26.2 Å². The normalized spacial score (nSPS) is 31.1. The summed E-state index contributed by atoms with van der Waals surface area (Å²) in [6, 6.07) is 0. The summed E-state index contributed by atoms with van der Waals surface area (Å²) < 4.78 is 0. The van der Waals surface area contributed by atoms with Gasteiger partial charge in [-0.15, -0.1) is 0 Å². The van der Waals surface area contributed by atoms with Crippen LogP contribution in [0.2, 0.25) is 0 Å². The van der Waals surface area contributed by atoms with Crippen LogP contribution in [-0.2, 0) is 0 Å². The quantitative estimate of drug-likeness (QED) is 0.739. The Labute approximate surface area is 88.1 Å². The first kappa shape index (κ1) is 10.4. The minimum Gasteiger partial charge on any atom is -0.315 e. The fraction of sp³-hybridized carbons (Fsp3) is 1.00. The molecular weight excluding hydrogens is 172 g/mol. The molecule has 0 amide bonds. The van der Waals surface area contributed by atoms with Gasteiger partial charge in [-0.05, 0) is 31.3 Å². The zero-order chi connectivity index (χ0) is 9.80. The van der Waals surface area contributed by atoms with Gasteiger partial charge in [-0.2, -0.15) is 0 Å². The number of rotatable bonds is 3. The molecule has 2 heteroatoms. The summed E-state index contributed by atoms with van der Waals surface area (Å²) in [5.74, 6) is 1.90. The van der Waals surface area contributed by atoms with Crippen LogP contribution in [0.1, 0.15) is 32.6 Å². The Morgan fingerprint density at radius 3 is 2.93 bits per heavy atom. The van der Waals surface area contributed by atoms with Crippen LogP contribution in [0.4, 0.5) is 0 Å². The van der Waals surface area contributed by atoms with Crippen LogP contribution < -0.4 is 5.32 Å². The second kappa shape index (κ2) is 5.13. The molecule has 2 nitrogen and oxygen atoms in total. The van der Waals surface area contributed by atoms with Gasteiger partial charge >= 0.3 is 0 Å². The summed E-state index contributed by atoms with van der Waals surface area (Å²) in [5, 5.41) is 3.50. The third-order valence-electron chi connectivity index (χ3n) is 3.75. The maximum atomic E-state index is 3.50. The number of nitrogens with zero attached hydrogens (tertiary/aromatic N) is 1. The van der Waals surface area contributed by atoms with Crippen molar-refractivity contribution < 1.29 is 0 Å². The van der Waals surface area contributed by atoms with Crippen LogP contribution in [0.5, 0.6) is 0 Å². The molecule has 0 bridgehead atoms. The van der Waals surface area contributed by atoms with Crippen molar-refractivity contribution in [3.63, 3.8) is 0 Å². The van der Waals surface area contributed by atoms with Crippen molar-refractivity contribution in [1.29, 1.82) is 0 Å². The van der Waals surface area contributed by atoms with Crippen molar-refractivity contribution in [2.24, 2.45) is 11.8 Å². The van der Waals surface area contributed by atoms with E-state index in [0.29, 0.717) is 0 Å². The molecule has 14 heavy (non-hydrogen) atoms. The molecule has 2 fully saturated rings. The average Bonchev–Trinajstić information content (AvgIpc) is 2.27. The number of nitrogens with one attached hydrogen (secondary N) is 1. The summed E-state index contributed by atoms with van der Waals surface area (Å²) in [6.07, 6.45) is 5.94. The number of hydrogen-bond donors (Lipinski definition) is 1. The molecule has 0 aromatic rings. The Morgan fingerprint density at radius 1 is 1.36 bits per heavy atom. The monoisotopic (exact) mass is 196 g/mol. The second-order valence-electron chi connectivity index (χ2n) is 5.20. The predicted molar refractivity (Wildman–Crippen MR) is 60.4 cm³/mol. The van der Waals surface area contributed by atoms with E-state index in [1.54, 1.807) is 0 Å². The van der Waals surface area contributed by atoms with Gasteiger partial charge in [-0.25, -0.2) is 0 Å². The zero-order valence-corrected chi connectivity index (χ0v) is 9.47. The van der Waals surface area contributed by atoms with Crippen molar-refractivity contribution in [3.05, 3.63) is 0 Å². The largest absolute Gasteiger partial charge is 0.315 e. The summed E-state index contributed by atoms with van der Waals surface area (Å²) in [7, 11) is 0. The minimum absolute atomic E-state index is 0.832. The van der Waals surface area contributed by atoms with Gasteiger partial charge in [0.2, 0.25) is 0 Å². The molecule has 82 valence electrons. The lowest BCUT2D eigenvalue weighted by Gasteiger charge is -2.29. The molecule has 2 aliphatic rings. The van der Waals surface area contributed by atoms with Gasteiger partial charge in [0.1, 0.15) is 0 Å². The molecule has 1 unspecified atom stereocenters. The topological polar surface area (TPSA) is 15.3 Å². The van der Waals surface area contributed by atoms with E-state index < -0.39 is 0 Å². The van der Waals surface area contributed by atoms with Crippen LogP contribution in [0.15, 0.2) is 0 Å². The first-order chi connectivity index (χ1) is 6.84. The number of hydrogen-bond acceptors (Lipinski definition) is 2. The Bertz CT molecular complexity index is 166. The average molecular weight is 196 g/mol. The predicted octanol–water partition coefficient (Wildman–Crippen LogP) is 1.72. The van der Waals surface area contributed by atoms with E-state index in [-0.39, 0.29) is 0 Å². The van der Waals surface area contributed by atoms with Gasteiger partial charge in [0.15, 0.2) is 0 Å². The molecule has 1 aliphatic carbocycles. The molecule has 1 heterocycles. The molecule has 1 atom stereocenters. The van der Waals surface area contributed by atoms with Crippen molar-refractivity contribution in [3.8, 4) is 0 Å². The third-order valence-corrected chi connectivity index (χ3v) is 3.75. The fourth-order valence-corrected chi connectivity index (χ4v) is 2.53. The van der Waals surface area contributed by atoms with Gasteiger partial charge < -0.3 is 10.2 Å². The molecule has 0 spiro atoms. The van der Waals surface area contributed by atoms with E-state index >= 15 is 0 Å². The maximum absolute atomic E-state index is 3.50. The summed E-state index contributed by atoms with van der Waals surface area (Å²) in [5.41, 5.74) is 0. The van der Waals surface area contributed by atoms with E-state index in [1.807, 2.05) is 0 Å². The highest BCUT2D eigenvalue weighted by Gasteiger charge is 2.19. The molecule has 1 N–H and O–H groups in total. The zero-order valence-electron chi connectivity index (χ0n) is 9.47. The van der Waals surface area contributed by atoms with Crippen LogP contribution in [-0.4, -0.2) is 37.6 Å². The molecule has 0 aromatic heterocycles. The van der Waals surface area contributed by atoms with Gasteiger partial charge in [0.25, 0.3) is 0 Å². The molecule has 1 saturated carbocycles. The lowest BCUT2D eigenvalue weighted by molar-refractivity contribution is 0.209. The third kappa shape index (κ3) is 2.96. The molecule has 1 saturated heterocycles. The van der Waals surface area contributed by atoms with Crippen molar-refractivity contribution in [2.45, 2.75) is 32.6 Å². The smallest absolute Gasteiger partial charge is 0.0107 e. The van der Waals surface area contributed by atoms with Crippen LogP contribution in [0.25, 0.3) is 0 Å². The molecule has 2 rings (SSSR count). The van der Waals surface area contributed by atoms with E-state index in [4.69, 9.17) is 0 Å². The Morgan fingerprint density at radius 2 is 2.21 bits per heavy atom.